The van der Waals surface area contributed by atoms with Gasteiger partial charge in [-0.3, -0.25) is 14.4 Å². The van der Waals surface area contributed by atoms with Gasteiger partial charge in [0.15, 0.2) is 0 Å². The average Bonchev–Trinajstić information content (AvgIpc) is 3.09. The van der Waals surface area contributed by atoms with Gasteiger partial charge in [0.05, 0.1) is 5.92 Å². The normalized spacial score (nSPS) is 20.2. The first kappa shape index (κ1) is 21.1. The molecule has 2 heterocycles. The van der Waals surface area contributed by atoms with E-state index < -0.39 is 0 Å². The second-order valence-corrected chi connectivity index (χ2v) is 9.13. The maximum Gasteiger partial charge on any atom is 0.253 e. The molecule has 2 saturated heterocycles. The minimum atomic E-state index is -0.275. The summed E-state index contributed by atoms with van der Waals surface area (Å²) in [6.45, 7) is 8.53. The van der Waals surface area contributed by atoms with E-state index in [-0.39, 0.29) is 35.6 Å². The third-order valence-electron chi connectivity index (χ3n) is 5.79. The van der Waals surface area contributed by atoms with E-state index in [2.05, 4.69) is 0 Å². The summed E-state index contributed by atoms with van der Waals surface area (Å²) in [6.07, 6.45) is 0.285. The summed E-state index contributed by atoms with van der Waals surface area (Å²) in [5.74, 6) is -0.196. The predicted molar refractivity (Wildman–Crippen MR) is 113 cm³/mol. The van der Waals surface area contributed by atoms with Crippen LogP contribution in [0.25, 0.3) is 0 Å². The predicted octanol–water partition coefficient (Wildman–Crippen LogP) is 1.68. The van der Waals surface area contributed by atoms with Crippen molar-refractivity contribution in [1.29, 1.82) is 0 Å². The molecule has 29 heavy (non-hydrogen) atoms. The van der Waals surface area contributed by atoms with Crippen LogP contribution in [0.3, 0.4) is 0 Å². The zero-order valence-electron chi connectivity index (χ0n) is 18.1. The molecule has 0 spiro atoms. The molecule has 2 fully saturated rings. The molecule has 1 aromatic carbocycles. The maximum atomic E-state index is 12.9. The lowest BCUT2D eigenvalue weighted by molar-refractivity contribution is -0.137. The Balaban J connectivity index is 1.55. The van der Waals surface area contributed by atoms with E-state index in [1.165, 1.54) is 0 Å². The Hall–Kier alpha value is -2.57. The standard InChI is InChI=1S/C22H32N4O3/c1-22(2,3)26-15-17(14-19(26)27)21(29)25-12-10-24(11-13-25)20(28)16-6-8-18(9-7-16)23(4)5/h6-9,17H,10-15H2,1-5H3. The first-order valence-electron chi connectivity index (χ1n) is 10.2. The van der Waals surface area contributed by atoms with Gasteiger partial charge in [0.2, 0.25) is 11.8 Å². The van der Waals surface area contributed by atoms with E-state index in [1.807, 2.05) is 68.9 Å². The monoisotopic (exact) mass is 400 g/mol. The van der Waals surface area contributed by atoms with Crippen LogP contribution in [0.5, 0.6) is 0 Å². The zero-order chi connectivity index (χ0) is 21.3. The summed E-state index contributed by atoms with van der Waals surface area (Å²) >= 11 is 0. The molecule has 0 radical (unpaired) electrons. The molecule has 7 nitrogen and oxygen atoms in total. The first-order valence-corrected chi connectivity index (χ1v) is 10.2. The molecule has 7 heteroatoms. The molecular formula is C22H32N4O3. The summed E-state index contributed by atoms with van der Waals surface area (Å²) in [5, 5.41) is 0. The lowest BCUT2D eigenvalue weighted by atomic mass is 10.1. The van der Waals surface area contributed by atoms with Gasteiger partial charge in [-0.05, 0) is 45.0 Å². The van der Waals surface area contributed by atoms with Crippen LogP contribution in [-0.2, 0) is 9.59 Å². The summed E-state index contributed by atoms with van der Waals surface area (Å²) in [4.78, 5) is 45.4. The van der Waals surface area contributed by atoms with Crippen LogP contribution >= 0.6 is 0 Å². The van der Waals surface area contributed by atoms with E-state index in [9.17, 15) is 14.4 Å². The molecule has 1 atom stereocenters. The molecular weight excluding hydrogens is 368 g/mol. The van der Waals surface area contributed by atoms with Crippen molar-refractivity contribution in [3.05, 3.63) is 29.8 Å². The molecule has 0 aliphatic carbocycles. The Morgan fingerprint density at radius 2 is 1.52 bits per heavy atom. The Labute approximate surface area is 173 Å². The van der Waals surface area contributed by atoms with Gasteiger partial charge in [-0.1, -0.05) is 0 Å². The van der Waals surface area contributed by atoms with Gasteiger partial charge in [0.1, 0.15) is 0 Å². The fourth-order valence-electron chi connectivity index (χ4n) is 3.99. The Bertz CT molecular complexity index is 774. The second-order valence-electron chi connectivity index (χ2n) is 9.13. The van der Waals surface area contributed by atoms with E-state index in [1.54, 1.807) is 9.80 Å². The molecule has 158 valence electrons. The quantitative estimate of drug-likeness (QED) is 0.775. The number of anilines is 1. The van der Waals surface area contributed by atoms with Crippen molar-refractivity contribution in [3.8, 4) is 0 Å². The van der Waals surface area contributed by atoms with Crippen molar-refractivity contribution in [2.45, 2.75) is 32.7 Å². The highest BCUT2D eigenvalue weighted by Crippen LogP contribution is 2.27. The Morgan fingerprint density at radius 3 is 2.00 bits per heavy atom. The van der Waals surface area contributed by atoms with Gasteiger partial charge in [-0.2, -0.15) is 0 Å². The topological polar surface area (TPSA) is 64.2 Å². The summed E-state index contributed by atoms with van der Waals surface area (Å²) in [6, 6.07) is 7.57. The van der Waals surface area contributed by atoms with Gasteiger partial charge < -0.3 is 19.6 Å². The van der Waals surface area contributed by atoms with Crippen molar-refractivity contribution in [3.63, 3.8) is 0 Å². The SMILES string of the molecule is CN(C)c1ccc(C(=O)N2CCN(C(=O)C3CC(=O)N(C(C)(C)C)C3)CC2)cc1. The Kier molecular flexibility index (Phi) is 5.87. The highest BCUT2D eigenvalue weighted by molar-refractivity contribution is 5.95. The van der Waals surface area contributed by atoms with Gasteiger partial charge in [0, 0.05) is 70.0 Å². The summed E-state index contributed by atoms with van der Waals surface area (Å²) in [5.41, 5.74) is 1.45. The van der Waals surface area contributed by atoms with E-state index >= 15 is 0 Å². The fourth-order valence-corrected chi connectivity index (χ4v) is 3.99. The van der Waals surface area contributed by atoms with Gasteiger partial charge in [-0.15, -0.1) is 0 Å². The van der Waals surface area contributed by atoms with Crippen LogP contribution in [0, 0.1) is 5.92 Å². The van der Waals surface area contributed by atoms with E-state index in [4.69, 9.17) is 0 Å². The summed E-state index contributed by atoms with van der Waals surface area (Å²) < 4.78 is 0. The van der Waals surface area contributed by atoms with Crippen LogP contribution < -0.4 is 4.90 Å². The van der Waals surface area contributed by atoms with Crippen LogP contribution in [0.2, 0.25) is 0 Å². The number of nitrogens with zero attached hydrogens (tertiary/aromatic N) is 4. The number of benzene rings is 1. The average molecular weight is 401 g/mol. The lowest BCUT2D eigenvalue weighted by Crippen LogP contribution is -2.52. The molecule has 0 saturated carbocycles. The number of carbonyl (C=O) groups excluding carboxylic acids is 3. The molecule has 0 bridgehead atoms. The summed E-state index contributed by atoms with van der Waals surface area (Å²) in [7, 11) is 3.93. The number of carbonyl (C=O) groups is 3. The molecule has 0 N–H and O–H groups in total. The molecule has 2 aliphatic rings. The minimum Gasteiger partial charge on any atom is -0.378 e. The number of likely N-dealkylation sites (tertiary alicyclic amines) is 1. The van der Waals surface area contributed by atoms with Crippen LogP contribution in [0.15, 0.2) is 24.3 Å². The van der Waals surface area contributed by atoms with Crippen molar-refractivity contribution in [1.82, 2.24) is 14.7 Å². The minimum absolute atomic E-state index is 0.00245. The molecule has 1 aromatic rings. The first-order chi connectivity index (χ1) is 13.6. The van der Waals surface area contributed by atoms with Crippen molar-refractivity contribution in [2.75, 3.05) is 51.7 Å². The van der Waals surface area contributed by atoms with Crippen LogP contribution in [0.1, 0.15) is 37.6 Å². The van der Waals surface area contributed by atoms with E-state index in [0.717, 1.165) is 5.69 Å². The highest BCUT2D eigenvalue weighted by Gasteiger charge is 2.41. The number of amides is 3. The maximum absolute atomic E-state index is 12.9. The van der Waals surface area contributed by atoms with Crippen molar-refractivity contribution >= 4 is 23.4 Å². The highest BCUT2D eigenvalue weighted by atomic mass is 16.2. The van der Waals surface area contributed by atoms with Gasteiger partial charge in [-0.25, -0.2) is 0 Å². The fraction of sp³-hybridized carbons (Fsp3) is 0.591. The zero-order valence-corrected chi connectivity index (χ0v) is 18.1. The van der Waals surface area contributed by atoms with Crippen LogP contribution in [0.4, 0.5) is 5.69 Å². The Morgan fingerprint density at radius 1 is 0.966 bits per heavy atom. The van der Waals surface area contributed by atoms with E-state index in [0.29, 0.717) is 38.3 Å². The van der Waals surface area contributed by atoms with Gasteiger partial charge in [0.25, 0.3) is 5.91 Å². The van der Waals surface area contributed by atoms with Crippen molar-refractivity contribution in [2.24, 2.45) is 5.92 Å². The molecule has 3 amide bonds. The number of hydrogen-bond donors (Lipinski definition) is 0. The number of rotatable bonds is 3. The third-order valence-corrected chi connectivity index (χ3v) is 5.79. The molecule has 3 rings (SSSR count). The number of hydrogen-bond acceptors (Lipinski definition) is 4. The van der Waals surface area contributed by atoms with Crippen LogP contribution in [-0.4, -0.2) is 84.8 Å². The lowest BCUT2D eigenvalue weighted by Gasteiger charge is -2.36. The number of piperazine rings is 1. The van der Waals surface area contributed by atoms with Gasteiger partial charge >= 0.3 is 0 Å². The molecule has 2 aliphatic heterocycles. The third kappa shape index (κ3) is 4.54. The molecule has 0 aromatic heterocycles. The smallest absolute Gasteiger partial charge is 0.253 e. The second kappa shape index (κ2) is 8.05. The largest absolute Gasteiger partial charge is 0.378 e. The van der Waals surface area contributed by atoms with Crippen molar-refractivity contribution < 1.29 is 14.4 Å². The molecule has 1 unspecified atom stereocenters.